The molecule has 0 fully saturated rings. The third-order valence-corrected chi connectivity index (χ3v) is 3.26. The fraction of sp³-hybridized carbons (Fsp3) is 0.353. The molecule has 0 bridgehead atoms. The summed E-state index contributed by atoms with van der Waals surface area (Å²) >= 11 is 0. The second-order valence-corrected chi connectivity index (χ2v) is 4.69. The lowest BCUT2D eigenvalue weighted by atomic mass is 9.93. The zero-order valence-electron chi connectivity index (χ0n) is 11.3. The number of fused-ring (bicyclic) bond motifs is 1. The van der Waals surface area contributed by atoms with Gasteiger partial charge in [0.25, 0.3) is 0 Å². The molecule has 0 amide bonds. The molecule has 1 atom stereocenters. The van der Waals surface area contributed by atoms with E-state index in [0.717, 1.165) is 11.9 Å². The normalized spacial score (nSPS) is 13.2. The van der Waals surface area contributed by atoms with Crippen molar-refractivity contribution in [3.63, 3.8) is 0 Å². The Labute approximate surface area is 110 Å². The fourth-order valence-electron chi connectivity index (χ4n) is 2.31. The van der Waals surface area contributed by atoms with Crippen LogP contribution in [0.2, 0.25) is 0 Å². The van der Waals surface area contributed by atoms with Gasteiger partial charge in [-0.05, 0) is 36.6 Å². The summed E-state index contributed by atoms with van der Waals surface area (Å²) in [5.41, 5.74) is 2.48. The maximum Gasteiger partial charge on any atom is 0.0702 e. The van der Waals surface area contributed by atoms with Crippen molar-refractivity contribution in [2.75, 3.05) is 0 Å². The Morgan fingerprint density at radius 1 is 1.22 bits per heavy atom. The summed E-state index contributed by atoms with van der Waals surface area (Å²) in [5, 5.41) is 1.24. The summed E-state index contributed by atoms with van der Waals surface area (Å²) in [7, 11) is 0. The van der Waals surface area contributed by atoms with Gasteiger partial charge in [0.05, 0.1) is 5.52 Å². The van der Waals surface area contributed by atoms with E-state index in [-0.39, 0.29) is 0 Å². The Balaban J connectivity index is 2.34. The summed E-state index contributed by atoms with van der Waals surface area (Å²) in [6.07, 6.45) is 10.00. The lowest BCUT2D eigenvalue weighted by Gasteiger charge is -2.13. The zero-order chi connectivity index (χ0) is 12.8. The Morgan fingerprint density at radius 2 is 2.11 bits per heavy atom. The van der Waals surface area contributed by atoms with Gasteiger partial charge in [-0.15, -0.1) is 0 Å². The lowest BCUT2D eigenvalue weighted by Crippen LogP contribution is -1.95. The standard InChI is InChI=1S/C17H21N/c1-3-5-8-14(7-4-2)15-10-11-17-16(13-15)9-6-12-18-17/h5-6,8-14H,3-4,7H2,1-2H3/b8-5+. The van der Waals surface area contributed by atoms with E-state index >= 15 is 0 Å². The van der Waals surface area contributed by atoms with Crippen LogP contribution in [-0.4, -0.2) is 4.98 Å². The van der Waals surface area contributed by atoms with Crippen LogP contribution < -0.4 is 0 Å². The molecule has 2 rings (SSSR count). The number of rotatable bonds is 5. The molecule has 0 saturated heterocycles. The molecule has 2 aromatic rings. The number of hydrogen-bond donors (Lipinski definition) is 0. The zero-order valence-corrected chi connectivity index (χ0v) is 11.3. The van der Waals surface area contributed by atoms with Crippen LogP contribution in [0.15, 0.2) is 48.7 Å². The van der Waals surface area contributed by atoms with Gasteiger partial charge in [-0.1, -0.05) is 44.6 Å². The minimum Gasteiger partial charge on any atom is -0.256 e. The second-order valence-electron chi connectivity index (χ2n) is 4.69. The number of benzene rings is 1. The van der Waals surface area contributed by atoms with E-state index in [1.807, 2.05) is 12.3 Å². The third-order valence-electron chi connectivity index (χ3n) is 3.26. The first kappa shape index (κ1) is 12.8. The van der Waals surface area contributed by atoms with Crippen LogP contribution >= 0.6 is 0 Å². The molecule has 1 heteroatoms. The minimum atomic E-state index is 0.541. The third kappa shape index (κ3) is 2.98. The number of nitrogens with zero attached hydrogens (tertiary/aromatic N) is 1. The predicted molar refractivity (Wildman–Crippen MR) is 78.8 cm³/mol. The molecule has 0 spiro atoms. The largest absolute Gasteiger partial charge is 0.256 e. The highest BCUT2D eigenvalue weighted by Crippen LogP contribution is 2.25. The Morgan fingerprint density at radius 3 is 2.89 bits per heavy atom. The number of hydrogen-bond acceptors (Lipinski definition) is 1. The van der Waals surface area contributed by atoms with Crippen molar-refractivity contribution < 1.29 is 0 Å². The maximum absolute atomic E-state index is 4.37. The fourth-order valence-corrected chi connectivity index (χ4v) is 2.31. The van der Waals surface area contributed by atoms with Crippen LogP contribution in [0.3, 0.4) is 0 Å². The van der Waals surface area contributed by atoms with Gasteiger partial charge in [-0.25, -0.2) is 0 Å². The highest BCUT2D eigenvalue weighted by molar-refractivity contribution is 5.79. The van der Waals surface area contributed by atoms with Crippen molar-refractivity contribution in [2.24, 2.45) is 0 Å². The molecule has 1 aromatic heterocycles. The smallest absolute Gasteiger partial charge is 0.0702 e. The van der Waals surface area contributed by atoms with Crippen LogP contribution in [-0.2, 0) is 0 Å². The quantitative estimate of drug-likeness (QED) is 0.663. The van der Waals surface area contributed by atoms with Gasteiger partial charge in [0.15, 0.2) is 0 Å². The van der Waals surface area contributed by atoms with Crippen LogP contribution in [0.5, 0.6) is 0 Å². The average Bonchev–Trinajstić information content (AvgIpc) is 2.43. The number of pyridine rings is 1. The van der Waals surface area contributed by atoms with Gasteiger partial charge in [-0.3, -0.25) is 4.98 Å². The highest BCUT2D eigenvalue weighted by atomic mass is 14.6. The first-order chi connectivity index (χ1) is 8.85. The first-order valence-electron chi connectivity index (χ1n) is 6.86. The first-order valence-corrected chi connectivity index (χ1v) is 6.86. The molecule has 18 heavy (non-hydrogen) atoms. The molecule has 0 aliphatic heterocycles. The van der Waals surface area contributed by atoms with E-state index in [9.17, 15) is 0 Å². The van der Waals surface area contributed by atoms with Gasteiger partial charge < -0.3 is 0 Å². The summed E-state index contributed by atoms with van der Waals surface area (Å²) in [4.78, 5) is 4.37. The summed E-state index contributed by atoms with van der Waals surface area (Å²) < 4.78 is 0. The van der Waals surface area contributed by atoms with Crippen molar-refractivity contribution in [3.8, 4) is 0 Å². The van der Waals surface area contributed by atoms with Crippen LogP contribution in [0.1, 0.15) is 44.6 Å². The van der Waals surface area contributed by atoms with Crippen molar-refractivity contribution in [3.05, 3.63) is 54.2 Å². The molecule has 1 nitrogen and oxygen atoms in total. The Kier molecular flexibility index (Phi) is 4.52. The monoisotopic (exact) mass is 239 g/mol. The predicted octanol–water partition coefficient (Wildman–Crippen LogP) is 5.08. The van der Waals surface area contributed by atoms with Crippen LogP contribution in [0, 0.1) is 0 Å². The van der Waals surface area contributed by atoms with Crippen molar-refractivity contribution in [2.45, 2.75) is 39.0 Å². The van der Waals surface area contributed by atoms with E-state index in [2.05, 4.69) is 55.2 Å². The molecule has 1 heterocycles. The Bertz CT molecular complexity index is 528. The van der Waals surface area contributed by atoms with Crippen molar-refractivity contribution in [1.29, 1.82) is 0 Å². The summed E-state index contributed by atoms with van der Waals surface area (Å²) in [6.45, 7) is 4.43. The number of allylic oxidation sites excluding steroid dienone is 2. The number of aromatic nitrogens is 1. The van der Waals surface area contributed by atoms with Gasteiger partial charge in [0, 0.05) is 17.5 Å². The van der Waals surface area contributed by atoms with Gasteiger partial charge >= 0.3 is 0 Å². The van der Waals surface area contributed by atoms with E-state index in [0.29, 0.717) is 5.92 Å². The van der Waals surface area contributed by atoms with Gasteiger partial charge in [-0.2, -0.15) is 0 Å². The van der Waals surface area contributed by atoms with Crippen LogP contribution in [0.25, 0.3) is 10.9 Å². The molecule has 0 saturated carbocycles. The van der Waals surface area contributed by atoms with Gasteiger partial charge in [0.1, 0.15) is 0 Å². The molecule has 1 aromatic carbocycles. The molecule has 0 aliphatic carbocycles. The molecular formula is C17H21N. The minimum absolute atomic E-state index is 0.541. The lowest BCUT2D eigenvalue weighted by molar-refractivity contribution is 0.716. The molecule has 0 aliphatic rings. The van der Waals surface area contributed by atoms with Crippen LogP contribution in [0.4, 0.5) is 0 Å². The molecule has 1 unspecified atom stereocenters. The van der Waals surface area contributed by atoms with E-state index < -0.39 is 0 Å². The molecule has 0 radical (unpaired) electrons. The second kappa shape index (κ2) is 6.34. The summed E-state index contributed by atoms with van der Waals surface area (Å²) in [5.74, 6) is 0.541. The van der Waals surface area contributed by atoms with E-state index in [1.54, 1.807) is 0 Å². The molecular weight excluding hydrogens is 218 g/mol. The van der Waals surface area contributed by atoms with E-state index in [4.69, 9.17) is 0 Å². The van der Waals surface area contributed by atoms with Crippen molar-refractivity contribution >= 4 is 10.9 Å². The average molecular weight is 239 g/mol. The molecule has 0 N–H and O–H groups in total. The Hall–Kier alpha value is -1.63. The maximum atomic E-state index is 4.37. The van der Waals surface area contributed by atoms with Gasteiger partial charge in [0.2, 0.25) is 0 Å². The van der Waals surface area contributed by atoms with Crippen molar-refractivity contribution in [1.82, 2.24) is 4.98 Å². The highest BCUT2D eigenvalue weighted by Gasteiger charge is 2.07. The topological polar surface area (TPSA) is 12.9 Å². The SMILES string of the molecule is CC/C=C/C(CCC)c1ccc2ncccc2c1. The van der Waals surface area contributed by atoms with E-state index in [1.165, 1.54) is 23.8 Å². The summed E-state index contributed by atoms with van der Waals surface area (Å²) in [6, 6.07) is 10.8. The molecule has 94 valence electrons.